The number of carbonyl (C=O) groups is 1. The van der Waals surface area contributed by atoms with Crippen LogP contribution >= 0.6 is 0 Å². The standard InChI is InChI=1S/C39H78O2/c1-5-8-11-14-17-20-22-23-25-27-30-33-36-39(4,35-32-29-26-24-21-18-15-12-9-6-2)38(40)41-37-34-31-28-19-16-13-10-7-3/h5-37H2,1-4H3. The number of hydrogen-bond donors (Lipinski definition) is 0. The highest BCUT2D eigenvalue weighted by Crippen LogP contribution is 2.33. The van der Waals surface area contributed by atoms with Gasteiger partial charge in [-0.15, -0.1) is 0 Å². The second-order valence-corrected chi connectivity index (χ2v) is 13.7. The first-order valence-electron chi connectivity index (χ1n) is 19.3. The quantitative estimate of drug-likeness (QED) is 0.0560. The molecule has 2 heteroatoms. The summed E-state index contributed by atoms with van der Waals surface area (Å²) in [7, 11) is 0. The fourth-order valence-electron chi connectivity index (χ4n) is 6.26. The molecule has 0 aliphatic rings. The van der Waals surface area contributed by atoms with E-state index in [1.807, 2.05) is 0 Å². The van der Waals surface area contributed by atoms with Crippen molar-refractivity contribution in [2.45, 2.75) is 233 Å². The van der Waals surface area contributed by atoms with Crippen LogP contribution in [0.15, 0.2) is 0 Å². The minimum absolute atomic E-state index is 0.0967. The lowest BCUT2D eigenvalue weighted by molar-refractivity contribution is -0.156. The van der Waals surface area contributed by atoms with Crippen molar-refractivity contribution < 1.29 is 9.53 Å². The Morgan fingerprint density at radius 2 is 0.634 bits per heavy atom. The molecule has 0 rings (SSSR count). The summed E-state index contributed by atoms with van der Waals surface area (Å²) >= 11 is 0. The molecule has 0 saturated heterocycles. The molecule has 0 radical (unpaired) electrons. The average molecular weight is 579 g/mol. The third-order valence-electron chi connectivity index (χ3n) is 9.39. The van der Waals surface area contributed by atoms with Crippen LogP contribution in [-0.4, -0.2) is 12.6 Å². The Bertz CT molecular complexity index is 516. The van der Waals surface area contributed by atoms with Gasteiger partial charge in [0.05, 0.1) is 12.0 Å². The van der Waals surface area contributed by atoms with Gasteiger partial charge in [0.15, 0.2) is 0 Å². The van der Waals surface area contributed by atoms with Crippen molar-refractivity contribution in [2.75, 3.05) is 6.61 Å². The van der Waals surface area contributed by atoms with Gasteiger partial charge in [0.1, 0.15) is 0 Å². The van der Waals surface area contributed by atoms with Crippen molar-refractivity contribution in [3.63, 3.8) is 0 Å². The number of esters is 1. The first-order valence-corrected chi connectivity index (χ1v) is 19.3. The van der Waals surface area contributed by atoms with Crippen LogP contribution in [0.3, 0.4) is 0 Å². The van der Waals surface area contributed by atoms with Gasteiger partial charge in [-0.1, -0.05) is 207 Å². The average Bonchev–Trinajstić information content (AvgIpc) is 2.97. The molecule has 1 unspecified atom stereocenters. The first-order chi connectivity index (χ1) is 20.1. The molecule has 0 amide bonds. The maximum absolute atomic E-state index is 13.3. The minimum Gasteiger partial charge on any atom is -0.465 e. The maximum atomic E-state index is 13.3. The Labute approximate surface area is 260 Å². The normalized spacial score (nSPS) is 13.0. The fourth-order valence-corrected chi connectivity index (χ4v) is 6.26. The zero-order valence-electron chi connectivity index (χ0n) is 29.2. The largest absolute Gasteiger partial charge is 0.465 e. The molecule has 1 atom stereocenters. The maximum Gasteiger partial charge on any atom is 0.311 e. The Balaban J connectivity index is 4.23. The zero-order valence-corrected chi connectivity index (χ0v) is 29.2. The van der Waals surface area contributed by atoms with E-state index in [2.05, 4.69) is 27.7 Å². The van der Waals surface area contributed by atoms with E-state index in [1.165, 1.54) is 186 Å². The lowest BCUT2D eigenvalue weighted by Crippen LogP contribution is -2.30. The van der Waals surface area contributed by atoms with E-state index >= 15 is 0 Å². The fraction of sp³-hybridized carbons (Fsp3) is 0.974. The lowest BCUT2D eigenvalue weighted by Gasteiger charge is -2.27. The van der Waals surface area contributed by atoms with Crippen molar-refractivity contribution in [1.29, 1.82) is 0 Å². The molecule has 0 aromatic heterocycles. The number of carbonyl (C=O) groups excluding carboxylic acids is 1. The van der Waals surface area contributed by atoms with Crippen LogP contribution in [0.4, 0.5) is 0 Å². The smallest absolute Gasteiger partial charge is 0.311 e. The Hall–Kier alpha value is -0.530. The molecule has 2 nitrogen and oxygen atoms in total. The summed E-state index contributed by atoms with van der Waals surface area (Å²) in [6.45, 7) is 9.70. The van der Waals surface area contributed by atoms with Crippen LogP contribution in [-0.2, 0) is 9.53 Å². The van der Waals surface area contributed by atoms with Gasteiger partial charge in [0.2, 0.25) is 0 Å². The monoisotopic (exact) mass is 579 g/mol. The van der Waals surface area contributed by atoms with Crippen molar-refractivity contribution >= 4 is 5.97 Å². The highest BCUT2D eigenvalue weighted by Gasteiger charge is 2.33. The molecule has 0 fully saturated rings. The lowest BCUT2D eigenvalue weighted by atomic mass is 9.79. The van der Waals surface area contributed by atoms with Gasteiger partial charge >= 0.3 is 5.97 Å². The number of rotatable bonds is 34. The Kier molecular flexibility index (Phi) is 32.0. The molecule has 0 bridgehead atoms. The second kappa shape index (κ2) is 32.4. The predicted molar refractivity (Wildman–Crippen MR) is 184 cm³/mol. The molecule has 0 aromatic carbocycles. The molecule has 0 N–H and O–H groups in total. The molecule has 0 aliphatic heterocycles. The third kappa shape index (κ3) is 28.0. The zero-order chi connectivity index (χ0) is 30.1. The van der Waals surface area contributed by atoms with E-state index < -0.39 is 0 Å². The van der Waals surface area contributed by atoms with Crippen molar-refractivity contribution in [2.24, 2.45) is 5.41 Å². The van der Waals surface area contributed by atoms with Gasteiger partial charge in [-0.25, -0.2) is 0 Å². The first kappa shape index (κ1) is 40.5. The summed E-state index contributed by atoms with van der Waals surface area (Å²) in [5, 5.41) is 0. The minimum atomic E-state index is -0.279. The van der Waals surface area contributed by atoms with Gasteiger partial charge in [0, 0.05) is 0 Å². The van der Waals surface area contributed by atoms with Crippen LogP contribution in [0, 0.1) is 5.41 Å². The van der Waals surface area contributed by atoms with Crippen LogP contribution < -0.4 is 0 Å². The van der Waals surface area contributed by atoms with E-state index in [0.717, 1.165) is 19.3 Å². The van der Waals surface area contributed by atoms with E-state index in [4.69, 9.17) is 4.74 Å². The topological polar surface area (TPSA) is 26.3 Å². The molecule has 0 saturated carbocycles. The van der Waals surface area contributed by atoms with Gasteiger partial charge in [0.25, 0.3) is 0 Å². The SMILES string of the molecule is CCCCCCCCCCCCCCC(C)(CCCCCCCCCCCC)C(=O)OCCCCCCCCCC. The van der Waals surface area contributed by atoms with Crippen LogP contribution in [0.2, 0.25) is 0 Å². The third-order valence-corrected chi connectivity index (χ3v) is 9.39. The van der Waals surface area contributed by atoms with E-state index in [0.29, 0.717) is 6.61 Å². The Morgan fingerprint density at radius 1 is 0.390 bits per heavy atom. The predicted octanol–water partition coefficient (Wildman–Crippen LogP) is 14.1. The molecule has 41 heavy (non-hydrogen) atoms. The summed E-state index contributed by atoms with van der Waals surface area (Å²) in [5.41, 5.74) is -0.279. The Morgan fingerprint density at radius 3 is 0.927 bits per heavy atom. The van der Waals surface area contributed by atoms with Crippen molar-refractivity contribution in [1.82, 2.24) is 0 Å². The summed E-state index contributed by atoms with van der Waals surface area (Å²) in [4.78, 5) is 13.3. The molecule has 0 heterocycles. The number of ether oxygens (including phenoxy) is 1. The molecule has 0 spiro atoms. The van der Waals surface area contributed by atoms with Crippen LogP contribution in [0.1, 0.15) is 233 Å². The molecule has 0 aliphatic carbocycles. The molecule has 246 valence electrons. The van der Waals surface area contributed by atoms with Gasteiger partial charge in [-0.3, -0.25) is 4.79 Å². The van der Waals surface area contributed by atoms with E-state index in [-0.39, 0.29) is 11.4 Å². The second-order valence-electron chi connectivity index (χ2n) is 13.7. The molecular formula is C39H78O2. The van der Waals surface area contributed by atoms with Gasteiger partial charge in [-0.2, -0.15) is 0 Å². The highest BCUT2D eigenvalue weighted by molar-refractivity contribution is 5.76. The molecular weight excluding hydrogens is 500 g/mol. The van der Waals surface area contributed by atoms with E-state index in [9.17, 15) is 4.79 Å². The van der Waals surface area contributed by atoms with Crippen LogP contribution in [0.25, 0.3) is 0 Å². The van der Waals surface area contributed by atoms with Gasteiger partial charge in [-0.05, 0) is 26.2 Å². The van der Waals surface area contributed by atoms with E-state index in [1.54, 1.807) is 0 Å². The number of unbranched alkanes of at least 4 members (excludes halogenated alkanes) is 27. The number of hydrogen-bond acceptors (Lipinski definition) is 2. The summed E-state index contributed by atoms with van der Waals surface area (Å²) in [6.07, 6.45) is 42.2. The van der Waals surface area contributed by atoms with Crippen molar-refractivity contribution in [3.05, 3.63) is 0 Å². The highest BCUT2D eigenvalue weighted by atomic mass is 16.5. The molecule has 0 aromatic rings. The van der Waals surface area contributed by atoms with Crippen LogP contribution in [0.5, 0.6) is 0 Å². The van der Waals surface area contributed by atoms with Gasteiger partial charge < -0.3 is 4.74 Å². The summed E-state index contributed by atoms with van der Waals surface area (Å²) < 4.78 is 5.91. The summed E-state index contributed by atoms with van der Waals surface area (Å²) in [6, 6.07) is 0. The summed E-state index contributed by atoms with van der Waals surface area (Å²) in [5.74, 6) is 0.0967. The van der Waals surface area contributed by atoms with Crippen molar-refractivity contribution in [3.8, 4) is 0 Å².